The molecule has 76 valence electrons. The van der Waals surface area contributed by atoms with Gasteiger partial charge in [0.15, 0.2) is 5.82 Å². The van der Waals surface area contributed by atoms with Crippen molar-refractivity contribution in [3.63, 3.8) is 0 Å². The predicted molar refractivity (Wildman–Crippen MR) is 44.8 cm³/mol. The summed E-state index contributed by atoms with van der Waals surface area (Å²) in [5.41, 5.74) is -0.128. The third-order valence-electron chi connectivity index (χ3n) is 1.63. The average molecular weight is 201 g/mol. The Morgan fingerprint density at radius 3 is 2.71 bits per heavy atom. The Morgan fingerprint density at radius 1 is 1.57 bits per heavy atom. The summed E-state index contributed by atoms with van der Waals surface area (Å²) in [5, 5.41) is 0. The lowest BCUT2D eigenvalue weighted by atomic mass is 10.2. The zero-order valence-corrected chi connectivity index (χ0v) is 7.80. The first-order valence-corrected chi connectivity index (χ1v) is 4.07. The molecule has 1 aromatic rings. The molecule has 5 heteroatoms. The maximum atomic E-state index is 13.3. The molecule has 0 fully saturated rings. The van der Waals surface area contributed by atoms with Gasteiger partial charge in [-0.15, -0.1) is 0 Å². The fourth-order valence-electron chi connectivity index (χ4n) is 1.02. The van der Waals surface area contributed by atoms with Crippen LogP contribution in [0, 0.1) is 11.6 Å². The number of carbonyl (C=O) groups is 1. The highest BCUT2D eigenvalue weighted by Crippen LogP contribution is 2.20. The van der Waals surface area contributed by atoms with Crippen LogP contribution >= 0.6 is 0 Å². The SMILES string of the molecule is CCc1c(F)cnc(OC(C)=O)c1F. The van der Waals surface area contributed by atoms with Gasteiger partial charge in [-0.2, -0.15) is 0 Å². The summed E-state index contributed by atoms with van der Waals surface area (Å²) in [6.45, 7) is 2.72. The first-order valence-electron chi connectivity index (χ1n) is 4.07. The molecule has 1 rings (SSSR count). The van der Waals surface area contributed by atoms with Crippen LogP contribution in [0.25, 0.3) is 0 Å². The molecule has 14 heavy (non-hydrogen) atoms. The van der Waals surface area contributed by atoms with E-state index in [4.69, 9.17) is 0 Å². The maximum absolute atomic E-state index is 13.3. The molecule has 3 nitrogen and oxygen atoms in total. The zero-order valence-electron chi connectivity index (χ0n) is 7.80. The van der Waals surface area contributed by atoms with Gasteiger partial charge in [-0.1, -0.05) is 6.92 Å². The highest BCUT2D eigenvalue weighted by Gasteiger charge is 2.15. The van der Waals surface area contributed by atoms with E-state index in [2.05, 4.69) is 9.72 Å². The number of halogens is 2. The molecule has 0 atom stereocenters. The number of hydrogen-bond donors (Lipinski definition) is 0. The smallest absolute Gasteiger partial charge is 0.309 e. The Morgan fingerprint density at radius 2 is 2.21 bits per heavy atom. The molecule has 0 amide bonds. The maximum Gasteiger partial charge on any atom is 0.309 e. The summed E-state index contributed by atoms with van der Waals surface area (Å²) >= 11 is 0. The van der Waals surface area contributed by atoms with Gasteiger partial charge in [-0.3, -0.25) is 4.79 Å². The summed E-state index contributed by atoms with van der Waals surface area (Å²) in [6, 6.07) is 0. The molecule has 0 saturated heterocycles. The molecule has 0 bridgehead atoms. The van der Waals surface area contributed by atoms with E-state index in [1.165, 1.54) is 0 Å². The van der Waals surface area contributed by atoms with Crippen LogP contribution < -0.4 is 4.74 Å². The number of aromatic nitrogens is 1. The second kappa shape index (κ2) is 4.13. The molecule has 0 N–H and O–H groups in total. The van der Waals surface area contributed by atoms with Crippen molar-refractivity contribution in [1.82, 2.24) is 4.98 Å². The van der Waals surface area contributed by atoms with Crippen molar-refractivity contribution in [2.75, 3.05) is 0 Å². The normalized spacial score (nSPS) is 10.0. The molecule has 0 unspecified atom stereocenters. The topological polar surface area (TPSA) is 39.2 Å². The molecule has 0 spiro atoms. The van der Waals surface area contributed by atoms with Crippen molar-refractivity contribution in [2.45, 2.75) is 20.3 Å². The van der Waals surface area contributed by atoms with Crippen molar-refractivity contribution in [1.29, 1.82) is 0 Å². The van der Waals surface area contributed by atoms with E-state index in [0.717, 1.165) is 13.1 Å². The quantitative estimate of drug-likeness (QED) is 0.685. The second-order valence-corrected chi connectivity index (χ2v) is 2.65. The fourth-order valence-corrected chi connectivity index (χ4v) is 1.02. The van der Waals surface area contributed by atoms with Crippen LogP contribution in [0.3, 0.4) is 0 Å². The minimum Gasteiger partial charge on any atom is -0.404 e. The molecule has 0 aliphatic carbocycles. The van der Waals surface area contributed by atoms with E-state index in [0.29, 0.717) is 0 Å². The second-order valence-electron chi connectivity index (χ2n) is 2.65. The van der Waals surface area contributed by atoms with Crippen LogP contribution in [0.5, 0.6) is 5.88 Å². The summed E-state index contributed by atoms with van der Waals surface area (Å²) in [6.07, 6.45) is 1.01. The van der Waals surface area contributed by atoms with E-state index >= 15 is 0 Å². The number of pyridine rings is 1. The molecule has 0 aliphatic rings. The minimum absolute atomic E-state index is 0.128. The lowest BCUT2D eigenvalue weighted by Gasteiger charge is -2.05. The zero-order chi connectivity index (χ0) is 10.7. The van der Waals surface area contributed by atoms with Gasteiger partial charge in [-0.25, -0.2) is 13.8 Å². The van der Waals surface area contributed by atoms with Gasteiger partial charge in [0.25, 0.3) is 5.88 Å². The third-order valence-corrected chi connectivity index (χ3v) is 1.63. The van der Waals surface area contributed by atoms with Crippen LogP contribution in [0.15, 0.2) is 6.20 Å². The Bertz CT molecular complexity index is 366. The first-order chi connectivity index (χ1) is 6.56. The number of hydrogen-bond acceptors (Lipinski definition) is 3. The monoisotopic (exact) mass is 201 g/mol. The Kier molecular flexibility index (Phi) is 3.11. The van der Waals surface area contributed by atoms with E-state index in [9.17, 15) is 13.6 Å². The van der Waals surface area contributed by atoms with Crippen molar-refractivity contribution in [2.24, 2.45) is 0 Å². The Balaban J connectivity index is 3.14. The summed E-state index contributed by atoms with van der Waals surface area (Å²) < 4.78 is 30.7. The van der Waals surface area contributed by atoms with Crippen LogP contribution in [0.1, 0.15) is 19.4 Å². The fraction of sp³-hybridized carbons (Fsp3) is 0.333. The van der Waals surface area contributed by atoms with Crippen molar-refractivity contribution in [3.8, 4) is 5.88 Å². The molecule has 0 radical (unpaired) electrons. The molecular formula is C9H9F2NO2. The van der Waals surface area contributed by atoms with Crippen molar-refractivity contribution >= 4 is 5.97 Å². The van der Waals surface area contributed by atoms with Crippen LogP contribution in [-0.2, 0) is 11.2 Å². The van der Waals surface area contributed by atoms with Crippen LogP contribution in [0.2, 0.25) is 0 Å². The lowest BCUT2D eigenvalue weighted by Crippen LogP contribution is -2.07. The highest BCUT2D eigenvalue weighted by molar-refractivity contribution is 5.68. The van der Waals surface area contributed by atoms with Gasteiger partial charge in [-0.05, 0) is 6.42 Å². The molecule has 1 aromatic heterocycles. The first kappa shape index (κ1) is 10.6. The number of rotatable bonds is 2. The minimum atomic E-state index is -0.914. The van der Waals surface area contributed by atoms with E-state index in [1.807, 2.05) is 0 Å². The lowest BCUT2D eigenvalue weighted by molar-refractivity contribution is -0.132. The van der Waals surface area contributed by atoms with E-state index in [1.54, 1.807) is 6.92 Å². The molecule has 1 heterocycles. The number of nitrogens with zero attached hydrogens (tertiary/aromatic N) is 1. The standard InChI is InChI=1S/C9H9F2NO2/c1-3-6-7(10)4-12-9(8(6)11)14-5(2)13/h4H,3H2,1-2H3. The summed E-state index contributed by atoms with van der Waals surface area (Å²) in [5.74, 6) is -2.82. The summed E-state index contributed by atoms with van der Waals surface area (Å²) in [7, 11) is 0. The van der Waals surface area contributed by atoms with Gasteiger partial charge in [0, 0.05) is 12.5 Å². The number of ether oxygens (including phenoxy) is 1. The van der Waals surface area contributed by atoms with Gasteiger partial charge in [0.05, 0.1) is 6.20 Å². The highest BCUT2D eigenvalue weighted by atomic mass is 19.1. The van der Waals surface area contributed by atoms with E-state index < -0.39 is 23.5 Å². The summed E-state index contributed by atoms with van der Waals surface area (Å²) in [4.78, 5) is 13.9. The Labute approximate surface area is 79.7 Å². The molecule has 0 aliphatic heterocycles. The largest absolute Gasteiger partial charge is 0.404 e. The molecule has 0 saturated carbocycles. The van der Waals surface area contributed by atoms with Crippen molar-refractivity contribution < 1.29 is 18.3 Å². The Hall–Kier alpha value is -1.52. The van der Waals surface area contributed by atoms with Gasteiger partial charge in [0.2, 0.25) is 0 Å². The van der Waals surface area contributed by atoms with Crippen LogP contribution in [0.4, 0.5) is 8.78 Å². The van der Waals surface area contributed by atoms with E-state index in [-0.39, 0.29) is 12.0 Å². The van der Waals surface area contributed by atoms with Gasteiger partial charge in [0.1, 0.15) is 5.82 Å². The van der Waals surface area contributed by atoms with Crippen molar-refractivity contribution in [3.05, 3.63) is 23.4 Å². The molecular weight excluding hydrogens is 192 g/mol. The number of esters is 1. The third kappa shape index (κ3) is 2.04. The van der Waals surface area contributed by atoms with Gasteiger partial charge >= 0.3 is 5.97 Å². The number of carbonyl (C=O) groups excluding carboxylic acids is 1. The predicted octanol–water partition coefficient (Wildman–Crippen LogP) is 1.85. The molecule has 0 aromatic carbocycles. The van der Waals surface area contributed by atoms with Crippen LogP contribution in [-0.4, -0.2) is 11.0 Å². The van der Waals surface area contributed by atoms with Gasteiger partial charge < -0.3 is 4.74 Å². The average Bonchev–Trinajstić information content (AvgIpc) is 2.10.